The Balaban J connectivity index is 1.84. The number of benzene rings is 2. The van der Waals surface area contributed by atoms with Gasteiger partial charge in [-0.25, -0.2) is 4.79 Å². The quantitative estimate of drug-likeness (QED) is 0.867. The molecule has 0 aliphatic heterocycles. The van der Waals surface area contributed by atoms with Gasteiger partial charge in [-0.15, -0.1) is 0 Å². The lowest BCUT2D eigenvalue weighted by Gasteiger charge is -2.10. The maximum atomic E-state index is 11.9. The van der Waals surface area contributed by atoms with Crippen LogP contribution in [0.5, 0.6) is 0 Å². The van der Waals surface area contributed by atoms with Crippen molar-refractivity contribution in [3.05, 3.63) is 64.2 Å². The SMILES string of the molecule is Cc1ccc(C)c(NC(=O)NCCc2cccc(Cl)c2)c1. The van der Waals surface area contributed by atoms with Crippen LogP contribution in [-0.2, 0) is 6.42 Å². The van der Waals surface area contributed by atoms with Gasteiger partial charge in [-0.2, -0.15) is 0 Å². The second-order valence-electron chi connectivity index (χ2n) is 5.08. The molecule has 2 amide bonds. The van der Waals surface area contributed by atoms with E-state index in [0.29, 0.717) is 11.6 Å². The first-order valence-corrected chi connectivity index (χ1v) is 7.29. The molecular weight excluding hydrogens is 284 g/mol. The van der Waals surface area contributed by atoms with Gasteiger partial charge in [0, 0.05) is 17.3 Å². The van der Waals surface area contributed by atoms with Gasteiger partial charge in [0.1, 0.15) is 0 Å². The van der Waals surface area contributed by atoms with Gasteiger partial charge in [-0.1, -0.05) is 35.9 Å². The molecular formula is C17H19ClN2O. The van der Waals surface area contributed by atoms with Gasteiger partial charge in [-0.3, -0.25) is 0 Å². The third-order valence-electron chi connectivity index (χ3n) is 3.23. The van der Waals surface area contributed by atoms with Crippen LogP contribution >= 0.6 is 11.6 Å². The Labute approximate surface area is 130 Å². The molecule has 0 radical (unpaired) electrons. The van der Waals surface area contributed by atoms with E-state index < -0.39 is 0 Å². The van der Waals surface area contributed by atoms with E-state index >= 15 is 0 Å². The van der Waals surface area contributed by atoms with Gasteiger partial charge in [0.15, 0.2) is 0 Å². The van der Waals surface area contributed by atoms with Crippen LogP contribution < -0.4 is 10.6 Å². The number of anilines is 1. The molecule has 0 atom stereocenters. The number of carbonyl (C=O) groups is 1. The summed E-state index contributed by atoms with van der Waals surface area (Å²) in [5.74, 6) is 0. The molecule has 0 saturated heterocycles. The molecule has 0 aromatic heterocycles. The maximum absolute atomic E-state index is 11.9. The summed E-state index contributed by atoms with van der Waals surface area (Å²) in [6.45, 7) is 4.54. The summed E-state index contributed by atoms with van der Waals surface area (Å²) in [5.41, 5.74) is 4.12. The molecule has 0 bridgehead atoms. The third kappa shape index (κ3) is 4.80. The highest BCUT2D eigenvalue weighted by Gasteiger charge is 2.04. The molecule has 0 spiro atoms. The highest BCUT2D eigenvalue weighted by atomic mass is 35.5. The number of rotatable bonds is 4. The van der Waals surface area contributed by atoms with Crippen LogP contribution in [0.2, 0.25) is 5.02 Å². The van der Waals surface area contributed by atoms with Gasteiger partial charge in [0.05, 0.1) is 0 Å². The second kappa shape index (κ2) is 7.14. The summed E-state index contributed by atoms with van der Waals surface area (Å²) in [7, 11) is 0. The minimum atomic E-state index is -0.189. The number of nitrogens with one attached hydrogen (secondary N) is 2. The van der Waals surface area contributed by atoms with Crippen LogP contribution in [0.15, 0.2) is 42.5 Å². The Morgan fingerprint density at radius 1 is 1.14 bits per heavy atom. The van der Waals surface area contributed by atoms with E-state index in [0.717, 1.165) is 28.8 Å². The molecule has 0 aliphatic rings. The normalized spacial score (nSPS) is 10.2. The number of carbonyl (C=O) groups excluding carboxylic acids is 1. The zero-order valence-corrected chi connectivity index (χ0v) is 13.0. The van der Waals surface area contributed by atoms with Crippen molar-refractivity contribution >= 4 is 23.3 Å². The van der Waals surface area contributed by atoms with E-state index in [1.54, 1.807) is 0 Å². The summed E-state index contributed by atoms with van der Waals surface area (Å²) in [5, 5.41) is 6.44. The van der Waals surface area contributed by atoms with E-state index in [9.17, 15) is 4.79 Å². The second-order valence-corrected chi connectivity index (χ2v) is 5.52. The lowest BCUT2D eigenvalue weighted by Crippen LogP contribution is -2.30. The fraction of sp³-hybridized carbons (Fsp3) is 0.235. The zero-order valence-electron chi connectivity index (χ0n) is 12.2. The van der Waals surface area contributed by atoms with Gasteiger partial charge in [-0.05, 0) is 55.2 Å². The summed E-state index contributed by atoms with van der Waals surface area (Å²) >= 11 is 5.93. The Kier molecular flexibility index (Phi) is 5.23. The molecule has 3 nitrogen and oxygen atoms in total. The fourth-order valence-electron chi connectivity index (χ4n) is 2.05. The average Bonchev–Trinajstić information content (AvgIpc) is 2.43. The predicted molar refractivity (Wildman–Crippen MR) is 88.1 cm³/mol. The Bertz CT molecular complexity index is 640. The summed E-state index contributed by atoms with van der Waals surface area (Å²) in [6.07, 6.45) is 0.751. The lowest BCUT2D eigenvalue weighted by molar-refractivity contribution is 0.252. The van der Waals surface area contributed by atoms with E-state index in [-0.39, 0.29) is 6.03 Å². The van der Waals surface area contributed by atoms with Crippen LogP contribution in [0, 0.1) is 13.8 Å². The molecule has 2 aromatic rings. The van der Waals surface area contributed by atoms with Crippen molar-refractivity contribution in [3.8, 4) is 0 Å². The molecule has 2 N–H and O–H groups in total. The van der Waals surface area contributed by atoms with Crippen molar-refractivity contribution in [1.29, 1.82) is 0 Å². The van der Waals surface area contributed by atoms with E-state index in [1.807, 2.05) is 56.3 Å². The number of amides is 2. The monoisotopic (exact) mass is 302 g/mol. The molecule has 0 aliphatic carbocycles. The molecule has 0 heterocycles. The molecule has 0 unspecified atom stereocenters. The van der Waals surface area contributed by atoms with Crippen molar-refractivity contribution in [2.75, 3.05) is 11.9 Å². The van der Waals surface area contributed by atoms with Gasteiger partial charge in [0.25, 0.3) is 0 Å². The first-order valence-electron chi connectivity index (χ1n) is 6.91. The number of urea groups is 1. The Hall–Kier alpha value is -2.00. The van der Waals surface area contributed by atoms with Crippen LogP contribution in [0.3, 0.4) is 0 Å². The van der Waals surface area contributed by atoms with Crippen molar-refractivity contribution in [2.24, 2.45) is 0 Å². The molecule has 0 fully saturated rings. The van der Waals surface area contributed by atoms with Crippen molar-refractivity contribution < 1.29 is 4.79 Å². The molecule has 2 aromatic carbocycles. The van der Waals surface area contributed by atoms with Crippen LogP contribution in [0.25, 0.3) is 0 Å². The number of hydrogen-bond donors (Lipinski definition) is 2. The first-order chi connectivity index (χ1) is 10.0. The minimum absolute atomic E-state index is 0.189. The van der Waals surface area contributed by atoms with Crippen LogP contribution in [-0.4, -0.2) is 12.6 Å². The first kappa shape index (κ1) is 15.4. The molecule has 110 valence electrons. The largest absolute Gasteiger partial charge is 0.338 e. The minimum Gasteiger partial charge on any atom is -0.338 e. The molecule has 0 saturated carbocycles. The topological polar surface area (TPSA) is 41.1 Å². The Morgan fingerprint density at radius 3 is 2.71 bits per heavy atom. The fourth-order valence-corrected chi connectivity index (χ4v) is 2.26. The number of halogens is 1. The average molecular weight is 303 g/mol. The van der Waals surface area contributed by atoms with Gasteiger partial charge < -0.3 is 10.6 Å². The van der Waals surface area contributed by atoms with Crippen molar-refractivity contribution in [3.63, 3.8) is 0 Å². The summed E-state index contributed by atoms with van der Waals surface area (Å²) in [6, 6.07) is 13.5. The maximum Gasteiger partial charge on any atom is 0.319 e. The van der Waals surface area contributed by atoms with E-state index in [4.69, 9.17) is 11.6 Å². The molecule has 4 heteroatoms. The zero-order chi connectivity index (χ0) is 15.2. The Morgan fingerprint density at radius 2 is 1.95 bits per heavy atom. The highest BCUT2D eigenvalue weighted by Crippen LogP contribution is 2.16. The van der Waals surface area contributed by atoms with Gasteiger partial charge in [0.2, 0.25) is 0 Å². The van der Waals surface area contributed by atoms with Crippen LogP contribution in [0.1, 0.15) is 16.7 Å². The summed E-state index contributed by atoms with van der Waals surface area (Å²) in [4.78, 5) is 11.9. The van der Waals surface area contributed by atoms with Crippen molar-refractivity contribution in [2.45, 2.75) is 20.3 Å². The molecule has 21 heavy (non-hydrogen) atoms. The van der Waals surface area contributed by atoms with Gasteiger partial charge >= 0.3 is 6.03 Å². The molecule has 2 rings (SSSR count). The lowest BCUT2D eigenvalue weighted by atomic mass is 10.1. The predicted octanol–water partition coefficient (Wildman–Crippen LogP) is 4.32. The van der Waals surface area contributed by atoms with E-state index in [1.165, 1.54) is 0 Å². The van der Waals surface area contributed by atoms with Crippen molar-refractivity contribution in [1.82, 2.24) is 5.32 Å². The standard InChI is InChI=1S/C17H19ClN2O/c1-12-6-7-13(2)16(10-12)20-17(21)19-9-8-14-4-3-5-15(18)11-14/h3-7,10-11H,8-9H2,1-2H3,(H2,19,20,21). The van der Waals surface area contributed by atoms with Crippen LogP contribution in [0.4, 0.5) is 10.5 Å². The van der Waals surface area contributed by atoms with E-state index in [2.05, 4.69) is 10.6 Å². The number of aryl methyl sites for hydroxylation is 2. The third-order valence-corrected chi connectivity index (χ3v) is 3.46. The highest BCUT2D eigenvalue weighted by molar-refractivity contribution is 6.30. The number of hydrogen-bond acceptors (Lipinski definition) is 1. The smallest absolute Gasteiger partial charge is 0.319 e. The summed E-state index contributed by atoms with van der Waals surface area (Å²) < 4.78 is 0.